The van der Waals surface area contributed by atoms with E-state index in [1.807, 2.05) is 30.3 Å². The van der Waals surface area contributed by atoms with Gasteiger partial charge in [0.15, 0.2) is 0 Å². The van der Waals surface area contributed by atoms with Crippen LogP contribution in [0.1, 0.15) is 32.3 Å². The van der Waals surface area contributed by atoms with Crippen LogP contribution in [0.5, 0.6) is 5.75 Å². The van der Waals surface area contributed by atoms with E-state index in [0.29, 0.717) is 6.61 Å². The van der Waals surface area contributed by atoms with Gasteiger partial charge >= 0.3 is 0 Å². The molecule has 3 nitrogen and oxygen atoms in total. The lowest BCUT2D eigenvalue weighted by Gasteiger charge is -2.24. The fourth-order valence-electron chi connectivity index (χ4n) is 2.16. The van der Waals surface area contributed by atoms with Crippen molar-refractivity contribution in [3.05, 3.63) is 36.4 Å². The fraction of sp³-hybridized carbons (Fsp3) is 0.529. The summed E-state index contributed by atoms with van der Waals surface area (Å²) in [6.07, 6.45) is 4.01. The van der Waals surface area contributed by atoms with E-state index in [2.05, 4.69) is 20.4 Å². The Morgan fingerprint density at radius 3 is 2.65 bits per heavy atom. The van der Waals surface area contributed by atoms with Crippen molar-refractivity contribution < 1.29 is 14.2 Å². The maximum atomic E-state index is 5.92. The summed E-state index contributed by atoms with van der Waals surface area (Å²) in [7, 11) is 0. The molecular formula is C17H24O3. The van der Waals surface area contributed by atoms with Crippen molar-refractivity contribution in [1.82, 2.24) is 0 Å². The van der Waals surface area contributed by atoms with E-state index < -0.39 is 0 Å². The van der Waals surface area contributed by atoms with E-state index >= 15 is 0 Å². The molecule has 0 aliphatic carbocycles. The lowest BCUT2D eigenvalue weighted by Crippen LogP contribution is -2.30. The van der Waals surface area contributed by atoms with Gasteiger partial charge in [0.25, 0.3) is 0 Å². The zero-order valence-electron chi connectivity index (χ0n) is 12.4. The lowest BCUT2D eigenvalue weighted by molar-refractivity contribution is -0.130. The SMILES string of the molecule is C=Cc1ccc(OC(OCC2CCCO2)C(C)C)cc1. The maximum Gasteiger partial charge on any atom is 0.202 e. The van der Waals surface area contributed by atoms with Gasteiger partial charge in [-0.15, -0.1) is 0 Å². The first kappa shape index (κ1) is 15.1. The minimum Gasteiger partial charge on any atom is -0.465 e. The van der Waals surface area contributed by atoms with E-state index in [0.717, 1.165) is 30.8 Å². The van der Waals surface area contributed by atoms with Crippen molar-refractivity contribution in [3.63, 3.8) is 0 Å². The molecule has 1 heterocycles. The van der Waals surface area contributed by atoms with Crippen molar-refractivity contribution in [2.24, 2.45) is 5.92 Å². The van der Waals surface area contributed by atoms with Crippen LogP contribution in [0, 0.1) is 5.92 Å². The van der Waals surface area contributed by atoms with Crippen molar-refractivity contribution in [1.29, 1.82) is 0 Å². The molecule has 3 heteroatoms. The molecule has 2 rings (SSSR count). The number of hydrogen-bond acceptors (Lipinski definition) is 3. The normalized spacial score (nSPS) is 20.1. The third-order valence-electron chi connectivity index (χ3n) is 3.38. The minimum atomic E-state index is -0.242. The van der Waals surface area contributed by atoms with Gasteiger partial charge in [0, 0.05) is 12.5 Å². The number of rotatable bonds is 7. The first-order valence-electron chi connectivity index (χ1n) is 7.31. The summed E-state index contributed by atoms with van der Waals surface area (Å²) in [6.45, 7) is 9.39. The number of ether oxygens (including phenoxy) is 3. The van der Waals surface area contributed by atoms with Gasteiger partial charge in [-0.05, 0) is 30.5 Å². The van der Waals surface area contributed by atoms with Gasteiger partial charge in [-0.25, -0.2) is 0 Å². The molecule has 0 amide bonds. The molecule has 110 valence electrons. The third-order valence-corrected chi connectivity index (χ3v) is 3.38. The van der Waals surface area contributed by atoms with Crippen LogP contribution < -0.4 is 4.74 Å². The van der Waals surface area contributed by atoms with Crippen molar-refractivity contribution in [2.75, 3.05) is 13.2 Å². The zero-order valence-corrected chi connectivity index (χ0v) is 12.4. The highest BCUT2D eigenvalue weighted by Crippen LogP contribution is 2.20. The monoisotopic (exact) mass is 276 g/mol. The smallest absolute Gasteiger partial charge is 0.202 e. The summed E-state index contributed by atoms with van der Waals surface area (Å²) in [5.41, 5.74) is 1.08. The van der Waals surface area contributed by atoms with Crippen LogP contribution in [0.2, 0.25) is 0 Å². The van der Waals surface area contributed by atoms with Crippen LogP contribution in [0.25, 0.3) is 6.08 Å². The molecule has 0 aromatic heterocycles. The Kier molecular flexibility index (Phi) is 5.62. The molecule has 0 bridgehead atoms. The van der Waals surface area contributed by atoms with E-state index in [1.165, 1.54) is 0 Å². The van der Waals surface area contributed by atoms with Crippen LogP contribution in [0.4, 0.5) is 0 Å². The predicted molar refractivity (Wildman–Crippen MR) is 80.7 cm³/mol. The summed E-state index contributed by atoms with van der Waals surface area (Å²) in [4.78, 5) is 0. The Hall–Kier alpha value is -1.32. The average molecular weight is 276 g/mol. The Labute approximate surface area is 121 Å². The topological polar surface area (TPSA) is 27.7 Å². The second-order valence-electron chi connectivity index (χ2n) is 5.47. The Morgan fingerprint density at radius 1 is 1.35 bits per heavy atom. The van der Waals surface area contributed by atoms with Gasteiger partial charge < -0.3 is 14.2 Å². The minimum absolute atomic E-state index is 0.225. The third kappa shape index (κ3) is 4.36. The Bertz CT molecular complexity index is 405. The quantitative estimate of drug-likeness (QED) is 0.707. The van der Waals surface area contributed by atoms with Crippen LogP contribution in [-0.4, -0.2) is 25.6 Å². The zero-order chi connectivity index (χ0) is 14.4. The molecule has 1 aromatic rings. The van der Waals surface area contributed by atoms with E-state index in [9.17, 15) is 0 Å². The molecule has 0 N–H and O–H groups in total. The van der Waals surface area contributed by atoms with E-state index in [1.54, 1.807) is 0 Å². The first-order valence-corrected chi connectivity index (χ1v) is 7.31. The van der Waals surface area contributed by atoms with Crippen LogP contribution in [-0.2, 0) is 9.47 Å². The molecule has 2 unspecified atom stereocenters. The Balaban J connectivity index is 1.88. The van der Waals surface area contributed by atoms with Crippen molar-refractivity contribution in [3.8, 4) is 5.75 Å². The molecule has 0 spiro atoms. The average Bonchev–Trinajstić information content (AvgIpc) is 2.97. The molecule has 0 radical (unpaired) electrons. The van der Waals surface area contributed by atoms with E-state index in [-0.39, 0.29) is 18.3 Å². The highest BCUT2D eigenvalue weighted by molar-refractivity contribution is 5.48. The van der Waals surface area contributed by atoms with Gasteiger partial charge in [-0.1, -0.05) is 38.6 Å². The molecule has 2 atom stereocenters. The van der Waals surface area contributed by atoms with Gasteiger partial charge in [0.2, 0.25) is 6.29 Å². The molecule has 1 fully saturated rings. The highest BCUT2D eigenvalue weighted by Gasteiger charge is 2.21. The van der Waals surface area contributed by atoms with E-state index in [4.69, 9.17) is 14.2 Å². The molecular weight excluding hydrogens is 252 g/mol. The molecule has 1 saturated heterocycles. The number of hydrogen-bond donors (Lipinski definition) is 0. The lowest BCUT2D eigenvalue weighted by atomic mass is 10.2. The Morgan fingerprint density at radius 2 is 2.10 bits per heavy atom. The second-order valence-corrected chi connectivity index (χ2v) is 5.47. The van der Waals surface area contributed by atoms with Crippen molar-refractivity contribution >= 4 is 6.08 Å². The summed E-state index contributed by atoms with van der Waals surface area (Å²) in [5, 5.41) is 0. The van der Waals surface area contributed by atoms with Crippen LogP contribution in [0.15, 0.2) is 30.8 Å². The molecule has 1 aromatic carbocycles. The molecule has 20 heavy (non-hydrogen) atoms. The summed E-state index contributed by atoms with van der Waals surface area (Å²) >= 11 is 0. The van der Waals surface area contributed by atoms with Gasteiger partial charge in [0.05, 0.1) is 12.7 Å². The second kappa shape index (κ2) is 7.46. The van der Waals surface area contributed by atoms with Gasteiger partial charge in [-0.2, -0.15) is 0 Å². The fourth-order valence-corrected chi connectivity index (χ4v) is 2.16. The highest BCUT2D eigenvalue weighted by atomic mass is 16.7. The van der Waals surface area contributed by atoms with Gasteiger partial charge in [-0.3, -0.25) is 0 Å². The summed E-state index contributed by atoms with van der Waals surface area (Å²) in [6, 6.07) is 7.86. The summed E-state index contributed by atoms with van der Waals surface area (Å²) < 4.78 is 17.4. The standard InChI is InChI=1S/C17H24O3/c1-4-14-7-9-15(10-8-14)20-17(13(2)3)19-12-16-6-5-11-18-16/h4,7-10,13,16-17H,1,5-6,11-12H2,2-3H3. The summed E-state index contributed by atoms with van der Waals surface area (Å²) in [5.74, 6) is 1.11. The predicted octanol–water partition coefficient (Wildman–Crippen LogP) is 3.89. The van der Waals surface area contributed by atoms with Crippen molar-refractivity contribution in [2.45, 2.75) is 39.1 Å². The van der Waals surface area contributed by atoms with Gasteiger partial charge in [0.1, 0.15) is 5.75 Å². The maximum absolute atomic E-state index is 5.92. The number of benzene rings is 1. The van der Waals surface area contributed by atoms with Crippen LogP contribution >= 0.6 is 0 Å². The molecule has 1 aliphatic rings. The van der Waals surface area contributed by atoms with Crippen LogP contribution in [0.3, 0.4) is 0 Å². The molecule has 1 aliphatic heterocycles. The largest absolute Gasteiger partial charge is 0.465 e. The molecule has 0 saturated carbocycles. The first-order chi connectivity index (χ1) is 9.69.